The summed E-state index contributed by atoms with van der Waals surface area (Å²) in [6.07, 6.45) is -0.514. The van der Waals surface area contributed by atoms with E-state index >= 15 is 0 Å². The summed E-state index contributed by atoms with van der Waals surface area (Å²) in [6.45, 7) is 0. The van der Waals surface area contributed by atoms with E-state index in [2.05, 4.69) is 0 Å². The Bertz CT molecular complexity index is 727. The van der Waals surface area contributed by atoms with Crippen LogP contribution in [0.1, 0.15) is 16.7 Å². The number of carboxylic acids is 1. The van der Waals surface area contributed by atoms with E-state index in [9.17, 15) is 18.0 Å². The summed E-state index contributed by atoms with van der Waals surface area (Å²) in [5.41, 5.74) is 1.26. The number of carboxylic acid groups (broad SMARTS) is 1. The zero-order chi connectivity index (χ0) is 16.9. The molecular weight excluding hydrogens is 305 g/mol. The van der Waals surface area contributed by atoms with Crippen LogP contribution in [0.5, 0.6) is 0 Å². The van der Waals surface area contributed by atoms with Gasteiger partial charge >= 0.3 is 12.1 Å². The highest BCUT2D eigenvalue weighted by atomic mass is 19.4. The van der Waals surface area contributed by atoms with Gasteiger partial charge in [0.25, 0.3) is 0 Å². The van der Waals surface area contributed by atoms with Crippen molar-refractivity contribution < 1.29 is 23.1 Å². The fraction of sp³-hybridized carbons (Fsp3) is 0.0556. The topological polar surface area (TPSA) is 37.3 Å². The Kier molecular flexibility index (Phi) is 5.01. The van der Waals surface area contributed by atoms with Crippen LogP contribution in [0.15, 0.2) is 72.8 Å². The van der Waals surface area contributed by atoms with Gasteiger partial charge in [-0.3, -0.25) is 0 Å². The van der Waals surface area contributed by atoms with Crippen molar-refractivity contribution in [3.8, 4) is 0 Å². The molecule has 23 heavy (non-hydrogen) atoms. The molecule has 0 aliphatic carbocycles. The highest BCUT2D eigenvalue weighted by Gasteiger charge is 2.30. The quantitative estimate of drug-likeness (QED) is 0.651. The normalized spacial score (nSPS) is 12.6. The van der Waals surface area contributed by atoms with Gasteiger partial charge in [-0.2, -0.15) is 13.2 Å². The second-order valence-corrected chi connectivity index (χ2v) is 4.72. The number of rotatable bonds is 4. The van der Waals surface area contributed by atoms with E-state index in [-0.39, 0.29) is 0 Å². The number of hydrogen-bond acceptors (Lipinski definition) is 1. The molecule has 0 bridgehead atoms. The first-order valence-electron chi connectivity index (χ1n) is 6.72. The van der Waals surface area contributed by atoms with Crippen molar-refractivity contribution in [1.82, 2.24) is 0 Å². The molecule has 0 unspecified atom stereocenters. The summed E-state index contributed by atoms with van der Waals surface area (Å²) in [4.78, 5) is 10.6. The Balaban J connectivity index is 2.44. The standard InChI is InChI=1S/C18H13F3O2/c19-18(20,21)15-11-9-14(10-12-15)16(7-4-8-17(22)23)13-5-2-1-3-6-13/h1-12H,(H,22,23). The zero-order valence-electron chi connectivity index (χ0n) is 11.9. The third-order valence-electron chi connectivity index (χ3n) is 3.11. The number of alkyl halides is 3. The van der Waals surface area contributed by atoms with E-state index in [1.54, 1.807) is 30.3 Å². The summed E-state index contributed by atoms with van der Waals surface area (Å²) in [5.74, 6) is -1.10. The predicted molar refractivity (Wildman–Crippen MR) is 81.7 cm³/mol. The molecule has 0 saturated carbocycles. The molecule has 5 heteroatoms. The van der Waals surface area contributed by atoms with Crippen LogP contribution < -0.4 is 0 Å². The smallest absolute Gasteiger partial charge is 0.416 e. The fourth-order valence-electron chi connectivity index (χ4n) is 2.04. The molecule has 0 heterocycles. The fourth-order valence-corrected chi connectivity index (χ4v) is 2.04. The second kappa shape index (κ2) is 6.96. The number of hydrogen-bond donors (Lipinski definition) is 1. The maximum atomic E-state index is 12.6. The van der Waals surface area contributed by atoms with E-state index in [0.29, 0.717) is 11.1 Å². The maximum Gasteiger partial charge on any atom is 0.416 e. The Morgan fingerprint density at radius 3 is 2.00 bits per heavy atom. The summed E-state index contributed by atoms with van der Waals surface area (Å²) < 4.78 is 37.9. The van der Waals surface area contributed by atoms with Crippen LogP contribution in [-0.2, 0) is 11.0 Å². The van der Waals surface area contributed by atoms with E-state index in [4.69, 9.17) is 5.11 Å². The van der Waals surface area contributed by atoms with Crippen molar-refractivity contribution in [2.45, 2.75) is 6.18 Å². The van der Waals surface area contributed by atoms with Crippen molar-refractivity contribution in [1.29, 1.82) is 0 Å². The van der Waals surface area contributed by atoms with Gasteiger partial charge in [0.15, 0.2) is 0 Å². The van der Waals surface area contributed by atoms with Gasteiger partial charge < -0.3 is 5.11 Å². The van der Waals surface area contributed by atoms with Crippen molar-refractivity contribution in [3.05, 3.63) is 89.5 Å². The molecule has 0 aliphatic heterocycles. The molecule has 1 N–H and O–H groups in total. The van der Waals surface area contributed by atoms with Crippen molar-refractivity contribution in [2.24, 2.45) is 0 Å². The minimum absolute atomic E-state index is 0.569. The largest absolute Gasteiger partial charge is 0.478 e. The van der Waals surface area contributed by atoms with Crippen molar-refractivity contribution in [3.63, 3.8) is 0 Å². The molecule has 118 valence electrons. The van der Waals surface area contributed by atoms with E-state index in [0.717, 1.165) is 23.8 Å². The number of benzene rings is 2. The van der Waals surface area contributed by atoms with E-state index < -0.39 is 17.7 Å². The summed E-state index contributed by atoms with van der Waals surface area (Å²) in [5, 5.41) is 8.65. The summed E-state index contributed by atoms with van der Waals surface area (Å²) in [6, 6.07) is 13.8. The lowest BCUT2D eigenvalue weighted by Gasteiger charge is -2.10. The van der Waals surface area contributed by atoms with Gasteiger partial charge in [0, 0.05) is 6.08 Å². The predicted octanol–water partition coefficient (Wildman–Crippen LogP) is 4.78. The van der Waals surface area contributed by atoms with E-state index in [1.807, 2.05) is 6.07 Å². The molecule has 2 rings (SSSR count). The van der Waals surface area contributed by atoms with Crippen LogP contribution in [0.3, 0.4) is 0 Å². The lowest BCUT2D eigenvalue weighted by atomic mass is 9.96. The molecular formula is C18H13F3O2. The molecule has 0 radical (unpaired) electrons. The molecule has 2 nitrogen and oxygen atoms in total. The summed E-state index contributed by atoms with van der Waals surface area (Å²) in [7, 11) is 0. The van der Waals surface area contributed by atoms with Gasteiger partial charge in [-0.1, -0.05) is 54.6 Å². The molecule has 2 aromatic rings. The first-order valence-corrected chi connectivity index (χ1v) is 6.72. The highest BCUT2D eigenvalue weighted by Crippen LogP contribution is 2.31. The van der Waals surface area contributed by atoms with Crippen LogP contribution in [-0.4, -0.2) is 11.1 Å². The minimum Gasteiger partial charge on any atom is -0.478 e. The van der Waals surface area contributed by atoms with Crippen LogP contribution in [0, 0.1) is 0 Å². The van der Waals surface area contributed by atoms with Crippen molar-refractivity contribution >= 4 is 11.5 Å². The molecule has 0 aliphatic rings. The number of allylic oxidation sites excluding steroid dienone is 2. The average Bonchev–Trinajstić information content (AvgIpc) is 2.51. The number of aliphatic carboxylic acids is 1. The monoisotopic (exact) mass is 318 g/mol. The molecule has 0 saturated heterocycles. The van der Waals surface area contributed by atoms with Crippen LogP contribution in [0.25, 0.3) is 5.57 Å². The molecule has 0 amide bonds. The van der Waals surface area contributed by atoms with Gasteiger partial charge in [0.1, 0.15) is 0 Å². The molecule has 2 aromatic carbocycles. The van der Waals surface area contributed by atoms with Gasteiger partial charge in [-0.25, -0.2) is 4.79 Å². The minimum atomic E-state index is -4.39. The third-order valence-corrected chi connectivity index (χ3v) is 3.11. The second-order valence-electron chi connectivity index (χ2n) is 4.72. The Hall–Kier alpha value is -2.82. The Morgan fingerprint density at radius 2 is 1.48 bits per heavy atom. The molecule has 0 atom stereocenters. The number of halogens is 3. The lowest BCUT2D eigenvalue weighted by molar-refractivity contribution is -0.137. The highest BCUT2D eigenvalue weighted by molar-refractivity contribution is 5.84. The lowest BCUT2D eigenvalue weighted by Crippen LogP contribution is -2.04. The number of carbonyl (C=O) groups is 1. The molecule has 0 aromatic heterocycles. The van der Waals surface area contributed by atoms with Crippen LogP contribution in [0.4, 0.5) is 13.2 Å². The van der Waals surface area contributed by atoms with Gasteiger partial charge in [-0.05, 0) is 28.8 Å². The Labute approximate surface area is 131 Å². The first kappa shape index (κ1) is 16.5. The molecule has 0 fully saturated rings. The average molecular weight is 318 g/mol. The SMILES string of the molecule is O=C(O)C=CC=C(c1ccccc1)c1ccc(C(F)(F)F)cc1. The zero-order valence-corrected chi connectivity index (χ0v) is 11.9. The van der Waals surface area contributed by atoms with Crippen LogP contribution >= 0.6 is 0 Å². The van der Waals surface area contributed by atoms with Gasteiger partial charge in [-0.15, -0.1) is 0 Å². The van der Waals surface area contributed by atoms with Crippen LogP contribution in [0.2, 0.25) is 0 Å². The van der Waals surface area contributed by atoms with E-state index in [1.165, 1.54) is 18.2 Å². The summed E-state index contributed by atoms with van der Waals surface area (Å²) >= 11 is 0. The molecule has 0 spiro atoms. The van der Waals surface area contributed by atoms with Gasteiger partial charge in [0.05, 0.1) is 5.56 Å². The Morgan fingerprint density at radius 1 is 0.913 bits per heavy atom. The maximum absolute atomic E-state index is 12.6. The van der Waals surface area contributed by atoms with Gasteiger partial charge in [0.2, 0.25) is 0 Å². The first-order chi connectivity index (χ1) is 10.9. The third kappa shape index (κ3) is 4.57. The van der Waals surface area contributed by atoms with Crippen molar-refractivity contribution in [2.75, 3.05) is 0 Å².